The molecular formula is C11H22N2O. The first-order chi connectivity index (χ1) is 6.54. The van der Waals surface area contributed by atoms with Crippen LogP contribution in [-0.2, 0) is 0 Å². The quantitative estimate of drug-likeness (QED) is 0.691. The van der Waals surface area contributed by atoms with E-state index in [1.807, 2.05) is 13.8 Å². The van der Waals surface area contributed by atoms with Crippen LogP contribution in [0.25, 0.3) is 0 Å². The monoisotopic (exact) mass is 198 g/mol. The van der Waals surface area contributed by atoms with Crippen LogP contribution >= 0.6 is 0 Å². The number of hydrogen-bond acceptors (Lipinski definition) is 3. The first-order valence-corrected chi connectivity index (χ1v) is 5.73. The summed E-state index contributed by atoms with van der Waals surface area (Å²) in [4.78, 5) is 2.49. The molecule has 2 rings (SSSR count). The molecule has 82 valence electrons. The summed E-state index contributed by atoms with van der Waals surface area (Å²) in [5.41, 5.74) is -0.509. The number of rotatable bonds is 3. The zero-order chi connectivity index (χ0) is 10.2. The predicted molar refractivity (Wildman–Crippen MR) is 57.3 cm³/mol. The van der Waals surface area contributed by atoms with Crippen LogP contribution in [0.2, 0.25) is 0 Å². The van der Waals surface area contributed by atoms with Crippen molar-refractivity contribution < 1.29 is 5.11 Å². The maximum atomic E-state index is 9.64. The Bertz CT molecular complexity index is 188. The number of nitrogens with one attached hydrogen (secondary N) is 1. The summed E-state index contributed by atoms with van der Waals surface area (Å²) in [5.74, 6) is 0.872. The second kappa shape index (κ2) is 3.80. The van der Waals surface area contributed by atoms with Crippen molar-refractivity contribution in [2.75, 3.05) is 26.2 Å². The van der Waals surface area contributed by atoms with Gasteiger partial charge in [0.25, 0.3) is 0 Å². The average Bonchev–Trinajstić information content (AvgIpc) is 2.56. The Morgan fingerprint density at radius 3 is 2.86 bits per heavy atom. The van der Waals surface area contributed by atoms with E-state index in [1.54, 1.807) is 0 Å². The molecular weight excluding hydrogens is 176 g/mol. The van der Waals surface area contributed by atoms with Crippen LogP contribution in [0.15, 0.2) is 0 Å². The number of likely N-dealkylation sites (tertiary alicyclic amines) is 1. The zero-order valence-corrected chi connectivity index (χ0v) is 9.29. The average molecular weight is 198 g/mol. The standard InChI is InChI=1S/C11H22N2O/c1-11(2,14)4-6-13-7-9-3-5-12-10(9)8-13/h9-10,12,14H,3-8H2,1-2H3/t9-,10+/m0/s1. The van der Waals surface area contributed by atoms with E-state index in [-0.39, 0.29) is 0 Å². The smallest absolute Gasteiger partial charge is 0.0603 e. The Hall–Kier alpha value is -0.120. The molecule has 0 aromatic rings. The molecule has 0 radical (unpaired) electrons. The highest BCUT2D eigenvalue weighted by Gasteiger charge is 2.35. The van der Waals surface area contributed by atoms with Crippen LogP contribution in [-0.4, -0.2) is 47.8 Å². The second-order valence-electron chi connectivity index (χ2n) is 5.43. The fraction of sp³-hybridized carbons (Fsp3) is 1.00. The maximum Gasteiger partial charge on any atom is 0.0603 e. The summed E-state index contributed by atoms with van der Waals surface area (Å²) in [6.07, 6.45) is 2.22. The van der Waals surface area contributed by atoms with E-state index in [0.717, 1.165) is 24.9 Å². The highest BCUT2D eigenvalue weighted by Crippen LogP contribution is 2.25. The lowest BCUT2D eigenvalue weighted by molar-refractivity contribution is 0.0598. The summed E-state index contributed by atoms with van der Waals surface area (Å²) in [6.45, 7) is 8.44. The Labute approximate surface area is 86.5 Å². The second-order valence-corrected chi connectivity index (χ2v) is 5.43. The molecule has 0 bridgehead atoms. The summed E-state index contributed by atoms with van der Waals surface area (Å²) >= 11 is 0. The van der Waals surface area contributed by atoms with Crippen LogP contribution in [0.4, 0.5) is 0 Å². The van der Waals surface area contributed by atoms with Gasteiger partial charge in [0.2, 0.25) is 0 Å². The van der Waals surface area contributed by atoms with Crippen LogP contribution in [0.3, 0.4) is 0 Å². The van der Waals surface area contributed by atoms with Crippen molar-refractivity contribution in [1.82, 2.24) is 10.2 Å². The van der Waals surface area contributed by atoms with Gasteiger partial charge < -0.3 is 15.3 Å². The highest BCUT2D eigenvalue weighted by atomic mass is 16.3. The van der Waals surface area contributed by atoms with Crippen molar-refractivity contribution in [3.63, 3.8) is 0 Å². The van der Waals surface area contributed by atoms with E-state index < -0.39 is 5.60 Å². The van der Waals surface area contributed by atoms with Crippen molar-refractivity contribution in [3.8, 4) is 0 Å². The van der Waals surface area contributed by atoms with Crippen LogP contribution in [0.5, 0.6) is 0 Å². The molecule has 2 heterocycles. The molecule has 0 aliphatic carbocycles. The fourth-order valence-electron chi connectivity index (χ4n) is 2.55. The molecule has 2 aliphatic heterocycles. The van der Waals surface area contributed by atoms with E-state index in [0.29, 0.717) is 0 Å². The molecule has 2 N–H and O–H groups in total. The van der Waals surface area contributed by atoms with Gasteiger partial charge in [-0.1, -0.05) is 0 Å². The topological polar surface area (TPSA) is 35.5 Å². The molecule has 0 spiro atoms. The van der Waals surface area contributed by atoms with E-state index in [9.17, 15) is 5.11 Å². The molecule has 3 nitrogen and oxygen atoms in total. The lowest BCUT2D eigenvalue weighted by Crippen LogP contribution is -2.33. The van der Waals surface area contributed by atoms with Gasteiger partial charge in [0.15, 0.2) is 0 Å². The molecule has 3 heteroatoms. The fourth-order valence-corrected chi connectivity index (χ4v) is 2.55. The molecule has 0 aromatic heterocycles. The minimum atomic E-state index is -0.509. The third-order valence-electron chi connectivity index (χ3n) is 3.48. The Morgan fingerprint density at radius 2 is 2.21 bits per heavy atom. The van der Waals surface area contributed by atoms with E-state index in [1.165, 1.54) is 26.1 Å². The third kappa shape index (κ3) is 2.47. The molecule has 2 atom stereocenters. The Balaban J connectivity index is 1.74. The SMILES string of the molecule is CC(C)(O)CCN1C[C@@H]2CCN[C@@H]2C1. The molecule has 14 heavy (non-hydrogen) atoms. The molecule has 0 amide bonds. The highest BCUT2D eigenvalue weighted by molar-refractivity contribution is 4.94. The molecule has 2 saturated heterocycles. The molecule has 0 unspecified atom stereocenters. The molecule has 2 fully saturated rings. The Morgan fingerprint density at radius 1 is 1.43 bits per heavy atom. The van der Waals surface area contributed by atoms with Gasteiger partial charge in [-0.05, 0) is 39.2 Å². The van der Waals surface area contributed by atoms with Crippen LogP contribution in [0.1, 0.15) is 26.7 Å². The van der Waals surface area contributed by atoms with Gasteiger partial charge in [-0.25, -0.2) is 0 Å². The van der Waals surface area contributed by atoms with Gasteiger partial charge >= 0.3 is 0 Å². The lowest BCUT2D eigenvalue weighted by atomic mass is 10.1. The minimum Gasteiger partial charge on any atom is -0.390 e. The van der Waals surface area contributed by atoms with Crippen molar-refractivity contribution >= 4 is 0 Å². The van der Waals surface area contributed by atoms with Crippen molar-refractivity contribution in [2.45, 2.75) is 38.3 Å². The van der Waals surface area contributed by atoms with Crippen molar-refractivity contribution in [2.24, 2.45) is 5.92 Å². The van der Waals surface area contributed by atoms with Gasteiger partial charge in [0.05, 0.1) is 5.60 Å². The molecule has 0 aromatic carbocycles. The predicted octanol–water partition coefficient (Wildman–Crippen LogP) is 0.441. The third-order valence-corrected chi connectivity index (χ3v) is 3.48. The van der Waals surface area contributed by atoms with Gasteiger partial charge in [-0.2, -0.15) is 0 Å². The maximum absolute atomic E-state index is 9.64. The van der Waals surface area contributed by atoms with Gasteiger partial charge in [-0.15, -0.1) is 0 Å². The van der Waals surface area contributed by atoms with Gasteiger partial charge in [0, 0.05) is 25.7 Å². The van der Waals surface area contributed by atoms with Crippen molar-refractivity contribution in [1.29, 1.82) is 0 Å². The lowest BCUT2D eigenvalue weighted by Gasteiger charge is -2.22. The minimum absolute atomic E-state index is 0.509. The number of hydrogen-bond donors (Lipinski definition) is 2. The summed E-state index contributed by atoms with van der Waals surface area (Å²) < 4.78 is 0. The zero-order valence-electron chi connectivity index (χ0n) is 9.29. The molecule has 2 aliphatic rings. The first-order valence-electron chi connectivity index (χ1n) is 5.73. The number of aliphatic hydroxyl groups is 1. The van der Waals surface area contributed by atoms with E-state index >= 15 is 0 Å². The first kappa shape index (κ1) is 10.4. The molecule has 0 saturated carbocycles. The normalized spacial score (nSPS) is 33.6. The Kier molecular flexibility index (Phi) is 2.82. The van der Waals surface area contributed by atoms with Crippen LogP contribution in [0, 0.1) is 5.92 Å². The summed E-state index contributed by atoms with van der Waals surface area (Å²) in [7, 11) is 0. The summed E-state index contributed by atoms with van der Waals surface area (Å²) in [5, 5.41) is 13.2. The van der Waals surface area contributed by atoms with Gasteiger partial charge in [0.1, 0.15) is 0 Å². The van der Waals surface area contributed by atoms with Gasteiger partial charge in [-0.3, -0.25) is 0 Å². The van der Waals surface area contributed by atoms with E-state index in [4.69, 9.17) is 0 Å². The largest absolute Gasteiger partial charge is 0.390 e. The number of fused-ring (bicyclic) bond motifs is 1. The van der Waals surface area contributed by atoms with Crippen molar-refractivity contribution in [3.05, 3.63) is 0 Å². The summed E-state index contributed by atoms with van der Waals surface area (Å²) in [6, 6.07) is 0.733. The number of nitrogens with zero attached hydrogens (tertiary/aromatic N) is 1. The van der Waals surface area contributed by atoms with Crippen LogP contribution < -0.4 is 5.32 Å². The van der Waals surface area contributed by atoms with E-state index in [2.05, 4.69) is 10.2 Å².